The number of nitrogens with one attached hydrogen (secondary N) is 1. The van der Waals surface area contributed by atoms with Crippen LogP contribution in [0.5, 0.6) is 0 Å². The number of carbonyl (C=O) groups excluding carboxylic acids is 2. The zero-order chi connectivity index (χ0) is 13.3. The quantitative estimate of drug-likeness (QED) is 0.820. The zero-order valence-electron chi connectivity index (χ0n) is 11.6. The van der Waals surface area contributed by atoms with E-state index in [2.05, 4.69) is 26.1 Å². The van der Waals surface area contributed by atoms with Crippen LogP contribution in [0.3, 0.4) is 0 Å². The lowest BCUT2D eigenvalue weighted by atomic mass is 10.3. The van der Waals surface area contributed by atoms with Crippen molar-refractivity contribution < 1.29 is 9.59 Å². The Morgan fingerprint density at radius 3 is 2.06 bits per heavy atom. The molecule has 0 atom stereocenters. The molecule has 1 saturated heterocycles. The summed E-state index contributed by atoms with van der Waals surface area (Å²) in [6.07, 6.45) is 2.62. The van der Waals surface area contributed by atoms with E-state index in [1.807, 2.05) is 0 Å². The van der Waals surface area contributed by atoms with Crippen molar-refractivity contribution in [3.05, 3.63) is 0 Å². The fraction of sp³-hybridized carbons (Fsp3) is 0.846. The number of rotatable bonds is 3. The third kappa shape index (κ3) is 8.72. The topological polar surface area (TPSA) is 49.4 Å². The van der Waals surface area contributed by atoms with Crippen LogP contribution in [0.25, 0.3) is 0 Å². The van der Waals surface area contributed by atoms with Crippen LogP contribution in [0.2, 0.25) is 0 Å². The van der Waals surface area contributed by atoms with Crippen LogP contribution in [-0.2, 0) is 9.59 Å². The van der Waals surface area contributed by atoms with Gasteiger partial charge in [0.05, 0.1) is 6.54 Å². The molecule has 0 bridgehead atoms. The van der Waals surface area contributed by atoms with Gasteiger partial charge in [-0.2, -0.15) is 0 Å². The summed E-state index contributed by atoms with van der Waals surface area (Å²) >= 11 is 0. The van der Waals surface area contributed by atoms with Crippen molar-refractivity contribution in [2.24, 2.45) is 5.92 Å². The van der Waals surface area contributed by atoms with Crippen LogP contribution < -0.4 is 5.32 Å². The second-order valence-electron chi connectivity index (χ2n) is 4.95. The molecule has 1 N–H and O–H groups in total. The van der Waals surface area contributed by atoms with Gasteiger partial charge in [-0.05, 0) is 18.8 Å². The summed E-state index contributed by atoms with van der Waals surface area (Å²) < 4.78 is 0. The highest BCUT2D eigenvalue weighted by atomic mass is 16.2. The Labute approximate surface area is 105 Å². The van der Waals surface area contributed by atoms with Gasteiger partial charge in [0.15, 0.2) is 0 Å². The molecule has 0 aromatic heterocycles. The summed E-state index contributed by atoms with van der Waals surface area (Å²) in [5.41, 5.74) is 0. The van der Waals surface area contributed by atoms with Crippen molar-refractivity contribution in [1.29, 1.82) is 0 Å². The first-order valence-corrected chi connectivity index (χ1v) is 6.51. The Morgan fingerprint density at radius 2 is 1.65 bits per heavy atom. The lowest BCUT2D eigenvalue weighted by Crippen LogP contribution is -2.38. The van der Waals surface area contributed by atoms with E-state index in [-0.39, 0.29) is 18.4 Å². The Bertz CT molecular complexity index is 231. The highest BCUT2D eigenvalue weighted by molar-refractivity contribution is 5.84. The summed E-state index contributed by atoms with van der Waals surface area (Å²) in [7, 11) is 0. The predicted molar refractivity (Wildman–Crippen MR) is 69.6 cm³/mol. The average molecular weight is 242 g/mol. The molecule has 0 unspecified atom stereocenters. The molecule has 4 nitrogen and oxygen atoms in total. The fourth-order valence-electron chi connectivity index (χ4n) is 1.38. The Hall–Kier alpha value is -1.06. The maximum atomic E-state index is 11.4. The molecule has 1 aliphatic heterocycles. The number of nitrogens with zero attached hydrogens (tertiary/aromatic N) is 1. The molecule has 0 radical (unpaired) electrons. The maximum absolute atomic E-state index is 11.4. The van der Waals surface area contributed by atoms with Gasteiger partial charge in [-0.3, -0.25) is 9.59 Å². The fourth-order valence-corrected chi connectivity index (χ4v) is 1.38. The zero-order valence-corrected chi connectivity index (χ0v) is 11.6. The summed E-state index contributed by atoms with van der Waals surface area (Å²) in [4.78, 5) is 24.0. The van der Waals surface area contributed by atoms with Crippen LogP contribution in [0.4, 0.5) is 0 Å². The molecule has 4 heteroatoms. The van der Waals surface area contributed by atoms with E-state index >= 15 is 0 Å². The van der Waals surface area contributed by atoms with E-state index in [1.165, 1.54) is 0 Å². The predicted octanol–water partition coefficient (Wildman–Crippen LogP) is 1.80. The van der Waals surface area contributed by atoms with Crippen LogP contribution >= 0.6 is 0 Å². The molecule has 0 saturated carbocycles. The highest BCUT2D eigenvalue weighted by Crippen LogP contribution is 2.06. The summed E-state index contributed by atoms with van der Waals surface area (Å²) in [6.45, 7) is 10.1. The largest absolute Gasteiger partial charge is 0.347 e. The first-order chi connectivity index (χ1) is 7.97. The van der Waals surface area contributed by atoms with Gasteiger partial charge in [-0.1, -0.05) is 27.7 Å². The first kappa shape index (κ1) is 15.9. The summed E-state index contributed by atoms with van der Waals surface area (Å²) in [5, 5.41) is 2.58. The van der Waals surface area contributed by atoms with Gasteiger partial charge in [-0.25, -0.2) is 0 Å². The first-order valence-electron chi connectivity index (χ1n) is 6.51. The minimum absolute atomic E-state index is 0.0410. The molecule has 2 amide bonds. The lowest BCUT2D eigenvalue weighted by Gasteiger charge is -2.15. The van der Waals surface area contributed by atoms with Gasteiger partial charge in [0.2, 0.25) is 11.8 Å². The third-order valence-corrected chi connectivity index (χ3v) is 2.22. The second-order valence-corrected chi connectivity index (χ2v) is 4.95. The number of likely N-dealkylation sites (tertiary alicyclic amines) is 1. The SMILES string of the molecule is CC(C)C.CCC(=O)NCC(=O)N1CCCC1. The van der Waals surface area contributed by atoms with Crippen molar-refractivity contribution in [3.8, 4) is 0 Å². The molecular weight excluding hydrogens is 216 g/mol. The van der Waals surface area contributed by atoms with Crippen molar-refractivity contribution >= 4 is 11.8 Å². The monoisotopic (exact) mass is 242 g/mol. The standard InChI is InChI=1S/C9H16N2O2.C4H10/c1-2-8(12)10-7-9(13)11-5-3-4-6-11;1-4(2)3/h2-7H2,1H3,(H,10,12);4H,1-3H3. The molecule has 1 rings (SSSR count). The lowest BCUT2D eigenvalue weighted by molar-refractivity contribution is -0.131. The Balaban J connectivity index is 0.000000557. The average Bonchev–Trinajstić information content (AvgIpc) is 2.77. The van der Waals surface area contributed by atoms with Crippen molar-refractivity contribution in [2.45, 2.75) is 47.0 Å². The van der Waals surface area contributed by atoms with Crippen molar-refractivity contribution in [3.63, 3.8) is 0 Å². The van der Waals surface area contributed by atoms with E-state index in [0.717, 1.165) is 31.8 Å². The van der Waals surface area contributed by atoms with Gasteiger partial charge in [0, 0.05) is 19.5 Å². The Morgan fingerprint density at radius 1 is 1.18 bits per heavy atom. The van der Waals surface area contributed by atoms with Crippen LogP contribution in [0.15, 0.2) is 0 Å². The molecule has 0 aromatic rings. The van der Waals surface area contributed by atoms with Gasteiger partial charge >= 0.3 is 0 Å². The molecule has 1 heterocycles. The number of hydrogen-bond acceptors (Lipinski definition) is 2. The molecular formula is C13H26N2O2. The highest BCUT2D eigenvalue weighted by Gasteiger charge is 2.17. The van der Waals surface area contributed by atoms with Crippen LogP contribution in [0, 0.1) is 5.92 Å². The number of hydrogen-bond donors (Lipinski definition) is 1. The van der Waals surface area contributed by atoms with Crippen molar-refractivity contribution in [2.75, 3.05) is 19.6 Å². The number of amides is 2. The van der Waals surface area contributed by atoms with Crippen molar-refractivity contribution in [1.82, 2.24) is 10.2 Å². The van der Waals surface area contributed by atoms with E-state index in [1.54, 1.807) is 11.8 Å². The minimum atomic E-state index is -0.0625. The van der Waals surface area contributed by atoms with Gasteiger partial charge < -0.3 is 10.2 Å². The Kier molecular flexibility index (Phi) is 8.46. The number of carbonyl (C=O) groups is 2. The molecule has 1 aliphatic rings. The minimum Gasteiger partial charge on any atom is -0.347 e. The van der Waals surface area contributed by atoms with E-state index in [4.69, 9.17) is 0 Å². The normalized spacial score (nSPS) is 14.3. The maximum Gasteiger partial charge on any atom is 0.241 e. The smallest absolute Gasteiger partial charge is 0.241 e. The molecule has 100 valence electrons. The summed E-state index contributed by atoms with van der Waals surface area (Å²) in [6, 6.07) is 0. The molecule has 0 aliphatic carbocycles. The second kappa shape index (κ2) is 9.02. The summed E-state index contributed by atoms with van der Waals surface area (Å²) in [5.74, 6) is 0.812. The van der Waals surface area contributed by atoms with Crippen LogP contribution in [-0.4, -0.2) is 36.3 Å². The van der Waals surface area contributed by atoms with Gasteiger partial charge in [0.1, 0.15) is 0 Å². The van der Waals surface area contributed by atoms with E-state index in [9.17, 15) is 9.59 Å². The van der Waals surface area contributed by atoms with Gasteiger partial charge in [-0.15, -0.1) is 0 Å². The molecule has 1 fully saturated rings. The van der Waals surface area contributed by atoms with E-state index in [0.29, 0.717) is 6.42 Å². The van der Waals surface area contributed by atoms with Gasteiger partial charge in [0.25, 0.3) is 0 Å². The molecule has 0 spiro atoms. The van der Waals surface area contributed by atoms with Crippen LogP contribution in [0.1, 0.15) is 47.0 Å². The van der Waals surface area contributed by atoms with E-state index < -0.39 is 0 Å². The molecule has 17 heavy (non-hydrogen) atoms. The third-order valence-electron chi connectivity index (χ3n) is 2.22. The molecule has 0 aromatic carbocycles.